The van der Waals surface area contributed by atoms with Crippen molar-refractivity contribution >= 4 is 17.1 Å². The van der Waals surface area contributed by atoms with Crippen molar-refractivity contribution in [3.8, 4) is 6.07 Å². The third kappa shape index (κ3) is 3.52. The van der Waals surface area contributed by atoms with Crippen molar-refractivity contribution in [1.29, 1.82) is 5.26 Å². The number of fused-ring (bicyclic) bond motifs is 1. The highest BCUT2D eigenvalue weighted by atomic mass is 16.6. The van der Waals surface area contributed by atoms with Gasteiger partial charge in [0.1, 0.15) is 5.60 Å². The molecule has 6 heteroatoms. The zero-order valence-corrected chi connectivity index (χ0v) is 16.8. The normalized spacial score (nSPS) is 23.6. The predicted molar refractivity (Wildman–Crippen MR) is 112 cm³/mol. The fraction of sp³-hybridized carbons (Fsp3) is 0.375. The lowest BCUT2D eigenvalue weighted by Crippen LogP contribution is -2.40. The van der Waals surface area contributed by atoms with Crippen LogP contribution in [0.3, 0.4) is 0 Å². The number of carbonyl (C=O) groups is 1. The molecule has 1 unspecified atom stereocenters. The summed E-state index contributed by atoms with van der Waals surface area (Å²) < 4.78 is 8.10. The second-order valence-electron chi connectivity index (χ2n) is 8.57. The molecule has 0 bridgehead atoms. The summed E-state index contributed by atoms with van der Waals surface area (Å²) in [4.78, 5) is 18.9. The Labute approximate surface area is 175 Å². The molecule has 2 aliphatic rings. The lowest BCUT2D eigenvalue weighted by Gasteiger charge is -2.36. The minimum absolute atomic E-state index is 0.203. The van der Waals surface area contributed by atoms with Gasteiger partial charge in [0.05, 0.1) is 35.5 Å². The Hall–Kier alpha value is -3.33. The zero-order valence-electron chi connectivity index (χ0n) is 16.8. The van der Waals surface area contributed by atoms with Crippen LogP contribution in [0.5, 0.6) is 0 Å². The van der Waals surface area contributed by atoms with E-state index in [-0.39, 0.29) is 11.7 Å². The van der Waals surface area contributed by atoms with Gasteiger partial charge in [-0.25, -0.2) is 9.78 Å². The van der Waals surface area contributed by atoms with Crippen LogP contribution in [0.1, 0.15) is 36.8 Å². The summed E-state index contributed by atoms with van der Waals surface area (Å²) in [7, 11) is 0. The van der Waals surface area contributed by atoms with Crippen molar-refractivity contribution in [2.75, 3.05) is 6.54 Å². The Morgan fingerprint density at radius 2 is 2.10 bits per heavy atom. The molecule has 2 aromatic carbocycles. The van der Waals surface area contributed by atoms with Crippen molar-refractivity contribution < 1.29 is 9.53 Å². The Kier molecular flexibility index (Phi) is 4.66. The molecule has 1 amide bonds. The third-order valence-electron chi connectivity index (χ3n) is 6.37. The maximum absolute atomic E-state index is 12.6. The first-order valence-corrected chi connectivity index (χ1v) is 10.5. The van der Waals surface area contributed by atoms with Gasteiger partial charge in [0.15, 0.2) is 0 Å². The molecule has 1 aliphatic carbocycles. The lowest BCUT2D eigenvalue weighted by molar-refractivity contribution is 0.00415. The average molecular weight is 400 g/mol. The molecule has 0 N–H and O–H groups in total. The van der Waals surface area contributed by atoms with Crippen molar-refractivity contribution in [2.45, 2.75) is 44.4 Å². The second kappa shape index (κ2) is 7.49. The van der Waals surface area contributed by atoms with Crippen LogP contribution in [-0.2, 0) is 17.8 Å². The van der Waals surface area contributed by atoms with E-state index in [2.05, 4.69) is 15.6 Å². The Morgan fingerprint density at radius 1 is 1.23 bits per heavy atom. The minimum Gasteiger partial charge on any atom is -0.441 e. The minimum atomic E-state index is -0.386. The molecule has 2 fully saturated rings. The number of hydrogen-bond acceptors (Lipinski definition) is 4. The smallest absolute Gasteiger partial charge is 0.410 e. The van der Waals surface area contributed by atoms with E-state index in [1.807, 2.05) is 53.7 Å². The van der Waals surface area contributed by atoms with Crippen LogP contribution in [0.25, 0.3) is 11.0 Å². The molecule has 152 valence electrons. The number of imidazole rings is 1. The number of hydrogen-bond donors (Lipinski definition) is 0. The molecule has 2 heterocycles. The number of aromatic nitrogens is 2. The quantitative estimate of drug-likeness (QED) is 0.647. The van der Waals surface area contributed by atoms with Crippen LogP contribution in [0.4, 0.5) is 4.79 Å². The van der Waals surface area contributed by atoms with Crippen LogP contribution in [-0.4, -0.2) is 32.7 Å². The van der Waals surface area contributed by atoms with Crippen molar-refractivity contribution in [3.63, 3.8) is 0 Å². The van der Waals surface area contributed by atoms with Gasteiger partial charge in [-0.05, 0) is 55.4 Å². The molecular weight excluding hydrogens is 376 g/mol. The highest BCUT2D eigenvalue weighted by molar-refractivity contribution is 5.77. The second-order valence-corrected chi connectivity index (χ2v) is 8.57. The largest absolute Gasteiger partial charge is 0.441 e. The first-order valence-electron chi connectivity index (χ1n) is 10.5. The number of nitriles is 1. The highest BCUT2D eigenvalue weighted by Crippen LogP contribution is 2.41. The van der Waals surface area contributed by atoms with Gasteiger partial charge in [0.25, 0.3) is 0 Å². The molecule has 1 saturated carbocycles. The van der Waals surface area contributed by atoms with Gasteiger partial charge in [-0.3, -0.25) is 4.90 Å². The standard InChI is InChI=1S/C24H24N4O2/c25-13-19-8-9-21-22(11-19)28(17-26-21)15-20-7-4-10-24(12-20)16-27(23(29)30-24)14-18-5-2-1-3-6-18/h1-3,5-6,8-9,11,17,20H,4,7,10,12,14-16H2/t20?,24-/m0/s1. The van der Waals surface area contributed by atoms with Gasteiger partial charge < -0.3 is 9.30 Å². The summed E-state index contributed by atoms with van der Waals surface area (Å²) in [5, 5.41) is 9.21. The van der Waals surface area contributed by atoms with Crippen molar-refractivity contribution in [1.82, 2.24) is 14.5 Å². The number of nitrogens with zero attached hydrogens (tertiary/aromatic N) is 4. The highest BCUT2D eigenvalue weighted by Gasteiger charge is 2.47. The van der Waals surface area contributed by atoms with E-state index in [4.69, 9.17) is 4.74 Å². The Bertz CT molecular complexity index is 1120. The summed E-state index contributed by atoms with van der Waals surface area (Å²) >= 11 is 0. The van der Waals surface area contributed by atoms with E-state index in [0.29, 0.717) is 24.6 Å². The predicted octanol–water partition coefficient (Wildman–Crippen LogP) is 4.49. The van der Waals surface area contributed by atoms with Gasteiger partial charge in [-0.15, -0.1) is 0 Å². The molecule has 2 atom stereocenters. The third-order valence-corrected chi connectivity index (χ3v) is 6.37. The lowest BCUT2D eigenvalue weighted by atomic mass is 9.78. The van der Waals surface area contributed by atoms with Crippen molar-refractivity contribution in [2.24, 2.45) is 5.92 Å². The van der Waals surface area contributed by atoms with Gasteiger partial charge >= 0.3 is 6.09 Å². The molecule has 1 aliphatic heterocycles. The number of benzene rings is 2. The van der Waals surface area contributed by atoms with Gasteiger partial charge in [0, 0.05) is 13.1 Å². The van der Waals surface area contributed by atoms with Gasteiger partial charge in [-0.1, -0.05) is 30.3 Å². The van der Waals surface area contributed by atoms with E-state index in [1.54, 1.807) is 6.07 Å². The van der Waals surface area contributed by atoms with E-state index in [0.717, 1.165) is 48.8 Å². The number of carbonyl (C=O) groups excluding carboxylic acids is 1. The van der Waals surface area contributed by atoms with Crippen LogP contribution in [0.2, 0.25) is 0 Å². The van der Waals surface area contributed by atoms with E-state index >= 15 is 0 Å². The summed E-state index contributed by atoms with van der Waals surface area (Å²) in [6, 6.07) is 17.9. The number of rotatable bonds is 4. The van der Waals surface area contributed by atoms with Crippen LogP contribution in [0.15, 0.2) is 54.9 Å². The molecule has 30 heavy (non-hydrogen) atoms. The topological polar surface area (TPSA) is 71.2 Å². The summed E-state index contributed by atoms with van der Waals surface area (Å²) in [6.07, 6.45) is 5.59. The van der Waals surface area contributed by atoms with Crippen LogP contribution < -0.4 is 0 Å². The maximum Gasteiger partial charge on any atom is 0.410 e. The molecule has 5 rings (SSSR count). The fourth-order valence-electron chi connectivity index (χ4n) is 5.00. The first kappa shape index (κ1) is 18.7. The van der Waals surface area contributed by atoms with Crippen LogP contribution >= 0.6 is 0 Å². The SMILES string of the molecule is N#Cc1ccc2ncn(CC3CCC[C@]4(C3)CN(Cc3ccccc3)C(=O)O4)c2c1. The number of ether oxygens (including phenoxy) is 1. The molecule has 3 aromatic rings. The molecular formula is C24H24N4O2. The van der Waals surface area contributed by atoms with Crippen LogP contribution in [0, 0.1) is 17.2 Å². The fourth-order valence-corrected chi connectivity index (χ4v) is 5.00. The molecule has 1 saturated heterocycles. The maximum atomic E-state index is 12.6. The summed E-state index contributed by atoms with van der Waals surface area (Å²) in [5.41, 5.74) is 3.27. The molecule has 1 aromatic heterocycles. The summed E-state index contributed by atoms with van der Waals surface area (Å²) in [6.45, 7) is 2.07. The molecule has 1 spiro atoms. The molecule has 0 radical (unpaired) electrons. The first-order chi connectivity index (χ1) is 14.6. The Balaban J connectivity index is 1.30. The van der Waals surface area contributed by atoms with Gasteiger partial charge in [0.2, 0.25) is 0 Å². The van der Waals surface area contributed by atoms with Crippen molar-refractivity contribution in [3.05, 3.63) is 66.0 Å². The van der Waals surface area contributed by atoms with Gasteiger partial charge in [-0.2, -0.15) is 5.26 Å². The zero-order chi connectivity index (χ0) is 20.6. The summed E-state index contributed by atoms with van der Waals surface area (Å²) in [5.74, 6) is 0.409. The van der Waals surface area contributed by atoms with E-state index in [1.165, 1.54) is 0 Å². The van der Waals surface area contributed by atoms with E-state index < -0.39 is 0 Å². The van der Waals surface area contributed by atoms with E-state index in [9.17, 15) is 10.1 Å². The average Bonchev–Trinajstić information content (AvgIpc) is 3.29. The Morgan fingerprint density at radius 3 is 2.93 bits per heavy atom. The number of amides is 1. The monoisotopic (exact) mass is 400 g/mol. The molecule has 6 nitrogen and oxygen atoms in total.